The highest BCUT2D eigenvalue weighted by Crippen LogP contribution is 2.23. The van der Waals surface area contributed by atoms with Gasteiger partial charge in [-0.1, -0.05) is 31.5 Å². The minimum absolute atomic E-state index is 0.491. The molecule has 1 aromatic carbocycles. The smallest absolute Gasteiger partial charge is 0.0898 e. The molecule has 0 atom stereocenters. The molecule has 0 aliphatic carbocycles. The van der Waals surface area contributed by atoms with E-state index in [9.17, 15) is 0 Å². The van der Waals surface area contributed by atoms with Gasteiger partial charge in [0.2, 0.25) is 0 Å². The predicted molar refractivity (Wildman–Crippen MR) is 92.1 cm³/mol. The highest BCUT2D eigenvalue weighted by Gasteiger charge is 2.10. The van der Waals surface area contributed by atoms with Crippen molar-refractivity contribution in [2.45, 2.75) is 46.8 Å². The first-order valence-electron chi connectivity index (χ1n) is 7.40. The van der Waals surface area contributed by atoms with Crippen LogP contribution in [0.1, 0.15) is 35.7 Å². The van der Waals surface area contributed by atoms with Gasteiger partial charge >= 0.3 is 0 Å². The lowest BCUT2D eigenvalue weighted by molar-refractivity contribution is 0.588. The predicted octanol–water partition coefficient (Wildman–Crippen LogP) is 3.89. The van der Waals surface area contributed by atoms with Gasteiger partial charge in [0.1, 0.15) is 0 Å². The SMILES string of the molecule is Cc1ccc(N(C)Cc2csc(C)n2)c(CNC(C)C)c1. The maximum absolute atomic E-state index is 4.56. The summed E-state index contributed by atoms with van der Waals surface area (Å²) in [6, 6.07) is 7.15. The van der Waals surface area contributed by atoms with Gasteiger partial charge in [0.25, 0.3) is 0 Å². The molecule has 2 aromatic rings. The molecule has 4 heteroatoms. The Bertz CT molecular complexity index is 589. The summed E-state index contributed by atoms with van der Waals surface area (Å²) in [6.45, 7) is 10.3. The fraction of sp³-hybridized carbons (Fsp3) is 0.471. The van der Waals surface area contributed by atoms with E-state index in [0.717, 1.165) is 23.8 Å². The monoisotopic (exact) mass is 303 g/mol. The Morgan fingerprint density at radius 2 is 2.05 bits per heavy atom. The molecule has 1 heterocycles. The number of anilines is 1. The van der Waals surface area contributed by atoms with Gasteiger partial charge in [-0.25, -0.2) is 4.98 Å². The van der Waals surface area contributed by atoms with Crippen LogP contribution >= 0.6 is 11.3 Å². The van der Waals surface area contributed by atoms with Crippen LogP contribution in [0.2, 0.25) is 0 Å². The van der Waals surface area contributed by atoms with Gasteiger partial charge in [0.05, 0.1) is 17.2 Å². The maximum atomic E-state index is 4.56. The largest absolute Gasteiger partial charge is 0.368 e. The third-order valence-electron chi connectivity index (χ3n) is 3.41. The maximum Gasteiger partial charge on any atom is 0.0898 e. The van der Waals surface area contributed by atoms with Crippen molar-refractivity contribution in [1.82, 2.24) is 10.3 Å². The first kappa shape index (κ1) is 16.0. The third-order valence-corrected chi connectivity index (χ3v) is 4.24. The van der Waals surface area contributed by atoms with E-state index in [1.54, 1.807) is 11.3 Å². The highest BCUT2D eigenvalue weighted by molar-refractivity contribution is 7.09. The van der Waals surface area contributed by atoms with Crippen molar-refractivity contribution in [2.24, 2.45) is 0 Å². The van der Waals surface area contributed by atoms with E-state index in [1.807, 2.05) is 0 Å². The molecule has 0 fully saturated rings. The molecule has 0 saturated carbocycles. The Kier molecular flexibility index (Phi) is 5.37. The standard InChI is InChI=1S/C17H25N3S/c1-12(2)18-9-15-8-13(3)6-7-17(15)20(5)10-16-11-21-14(4)19-16/h6-8,11-12,18H,9-10H2,1-5H3. The summed E-state index contributed by atoms with van der Waals surface area (Å²) in [5.74, 6) is 0. The van der Waals surface area contributed by atoms with Crippen molar-refractivity contribution in [3.63, 3.8) is 0 Å². The second-order valence-electron chi connectivity index (χ2n) is 5.88. The number of nitrogens with one attached hydrogen (secondary N) is 1. The molecule has 21 heavy (non-hydrogen) atoms. The number of hydrogen-bond donors (Lipinski definition) is 1. The Balaban J connectivity index is 2.16. The number of nitrogens with zero attached hydrogens (tertiary/aromatic N) is 2. The van der Waals surface area contributed by atoms with Crippen LogP contribution in [-0.2, 0) is 13.1 Å². The molecule has 0 aliphatic heterocycles. The van der Waals surface area contributed by atoms with Crippen molar-refractivity contribution >= 4 is 17.0 Å². The first-order chi connectivity index (χ1) is 9.95. The fourth-order valence-electron chi connectivity index (χ4n) is 2.35. The second-order valence-corrected chi connectivity index (χ2v) is 6.94. The summed E-state index contributed by atoms with van der Waals surface area (Å²) in [5, 5.41) is 6.79. The van der Waals surface area contributed by atoms with Gasteiger partial charge in [0.15, 0.2) is 0 Å². The quantitative estimate of drug-likeness (QED) is 0.877. The molecule has 1 aromatic heterocycles. The summed E-state index contributed by atoms with van der Waals surface area (Å²) < 4.78 is 0. The zero-order valence-corrected chi connectivity index (χ0v) is 14.4. The van der Waals surface area contributed by atoms with Gasteiger partial charge in [0, 0.05) is 30.7 Å². The second kappa shape index (κ2) is 7.05. The Morgan fingerprint density at radius 1 is 1.29 bits per heavy atom. The van der Waals surface area contributed by atoms with Crippen molar-refractivity contribution in [3.8, 4) is 0 Å². The molecule has 0 bridgehead atoms. The molecule has 2 rings (SSSR count). The third kappa shape index (κ3) is 4.55. The normalized spacial score (nSPS) is 11.1. The minimum Gasteiger partial charge on any atom is -0.368 e. The van der Waals surface area contributed by atoms with Crippen LogP contribution in [0.15, 0.2) is 23.6 Å². The first-order valence-corrected chi connectivity index (χ1v) is 8.28. The van der Waals surface area contributed by atoms with Crippen LogP contribution in [0.4, 0.5) is 5.69 Å². The topological polar surface area (TPSA) is 28.2 Å². The summed E-state index contributed by atoms with van der Waals surface area (Å²) >= 11 is 1.71. The van der Waals surface area contributed by atoms with E-state index < -0.39 is 0 Å². The zero-order chi connectivity index (χ0) is 15.4. The van der Waals surface area contributed by atoms with Gasteiger partial charge < -0.3 is 10.2 Å². The number of aromatic nitrogens is 1. The van der Waals surface area contributed by atoms with Crippen LogP contribution in [-0.4, -0.2) is 18.1 Å². The van der Waals surface area contributed by atoms with Gasteiger partial charge in [-0.15, -0.1) is 11.3 Å². The summed E-state index contributed by atoms with van der Waals surface area (Å²) in [4.78, 5) is 6.84. The minimum atomic E-state index is 0.491. The van der Waals surface area contributed by atoms with Crippen molar-refractivity contribution in [3.05, 3.63) is 45.4 Å². The van der Waals surface area contributed by atoms with E-state index in [4.69, 9.17) is 0 Å². The van der Waals surface area contributed by atoms with Gasteiger partial charge in [-0.05, 0) is 25.5 Å². The van der Waals surface area contributed by atoms with Crippen LogP contribution in [0, 0.1) is 13.8 Å². The van der Waals surface area contributed by atoms with Gasteiger partial charge in [-0.2, -0.15) is 0 Å². The fourth-order valence-corrected chi connectivity index (χ4v) is 2.96. The molecule has 0 radical (unpaired) electrons. The molecule has 3 nitrogen and oxygen atoms in total. The lowest BCUT2D eigenvalue weighted by Gasteiger charge is -2.23. The van der Waals surface area contributed by atoms with E-state index in [-0.39, 0.29) is 0 Å². The van der Waals surface area contributed by atoms with Crippen molar-refractivity contribution in [2.75, 3.05) is 11.9 Å². The Morgan fingerprint density at radius 3 is 2.67 bits per heavy atom. The van der Waals surface area contributed by atoms with Crippen LogP contribution < -0.4 is 10.2 Å². The van der Waals surface area contributed by atoms with E-state index in [0.29, 0.717) is 6.04 Å². The molecule has 0 saturated heterocycles. The molecule has 114 valence electrons. The number of rotatable bonds is 6. The Hall–Kier alpha value is -1.39. The lowest BCUT2D eigenvalue weighted by atomic mass is 10.1. The average Bonchev–Trinajstić information content (AvgIpc) is 2.81. The van der Waals surface area contributed by atoms with Crippen molar-refractivity contribution < 1.29 is 0 Å². The molecule has 1 N–H and O–H groups in total. The molecule has 0 unspecified atom stereocenters. The van der Waals surface area contributed by atoms with Gasteiger partial charge in [-0.3, -0.25) is 0 Å². The number of benzene rings is 1. The van der Waals surface area contributed by atoms with E-state index in [2.05, 4.69) is 73.5 Å². The molecular formula is C17H25N3S. The van der Waals surface area contributed by atoms with Crippen LogP contribution in [0.25, 0.3) is 0 Å². The van der Waals surface area contributed by atoms with E-state index >= 15 is 0 Å². The van der Waals surface area contributed by atoms with Crippen LogP contribution in [0.5, 0.6) is 0 Å². The summed E-state index contributed by atoms with van der Waals surface area (Å²) in [7, 11) is 2.14. The molecule has 0 amide bonds. The number of hydrogen-bond acceptors (Lipinski definition) is 4. The highest BCUT2D eigenvalue weighted by atomic mass is 32.1. The molecule has 0 aliphatic rings. The van der Waals surface area contributed by atoms with Crippen LogP contribution in [0.3, 0.4) is 0 Å². The summed E-state index contributed by atoms with van der Waals surface area (Å²) in [5.41, 5.74) is 5.07. The molecular weight excluding hydrogens is 278 g/mol. The number of aryl methyl sites for hydroxylation is 2. The lowest BCUT2D eigenvalue weighted by Crippen LogP contribution is -2.24. The molecule has 0 spiro atoms. The zero-order valence-electron chi connectivity index (χ0n) is 13.6. The van der Waals surface area contributed by atoms with E-state index in [1.165, 1.54) is 16.8 Å². The number of thiazole rings is 1. The Labute approximate surface area is 132 Å². The van der Waals surface area contributed by atoms with Crippen molar-refractivity contribution in [1.29, 1.82) is 0 Å². The summed E-state index contributed by atoms with van der Waals surface area (Å²) in [6.07, 6.45) is 0. The average molecular weight is 303 g/mol.